The summed E-state index contributed by atoms with van der Waals surface area (Å²) in [6, 6.07) is 8.00. The van der Waals surface area contributed by atoms with Gasteiger partial charge in [-0.05, 0) is 24.5 Å². The number of amides is 1. The third kappa shape index (κ3) is 3.01. The largest absolute Gasteiger partial charge is 0.481 e. The topological polar surface area (TPSA) is 82.6 Å². The number of carbonyl (C=O) groups is 2. The van der Waals surface area contributed by atoms with Gasteiger partial charge in [-0.1, -0.05) is 18.2 Å². The predicted molar refractivity (Wildman–Crippen MR) is 89.8 cm³/mol. The zero-order valence-corrected chi connectivity index (χ0v) is 13.7. The molecule has 2 N–H and O–H groups in total. The first-order valence-electron chi connectivity index (χ1n) is 8.11. The standard InChI is InChI=1S/C18H22N2O4/c1-24-12-18(17(22)23)8-9-20(11-18)16(21)7-6-13-10-19-15-5-3-2-4-14(13)15/h2-5,10,19H,6-9,11-12H2,1H3,(H,22,23). The highest BCUT2D eigenvalue weighted by Gasteiger charge is 2.46. The molecule has 128 valence electrons. The van der Waals surface area contributed by atoms with Crippen molar-refractivity contribution in [3.05, 3.63) is 36.0 Å². The average Bonchev–Trinajstić information content (AvgIpc) is 3.18. The number of hydrogen-bond donors (Lipinski definition) is 2. The van der Waals surface area contributed by atoms with Crippen LogP contribution in [-0.2, 0) is 20.7 Å². The maximum atomic E-state index is 12.5. The van der Waals surface area contributed by atoms with Gasteiger partial charge in [-0.25, -0.2) is 0 Å². The van der Waals surface area contributed by atoms with Gasteiger partial charge in [0.15, 0.2) is 0 Å². The van der Waals surface area contributed by atoms with Crippen molar-refractivity contribution in [3.8, 4) is 0 Å². The van der Waals surface area contributed by atoms with E-state index in [-0.39, 0.29) is 19.1 Å². The van der Waals surface area contributed by atoms with Gasteiger partial charge < -0.3 is 19.7 Å². The van der Waals surface area contributed by atoms with Crippen LogP contribution in [0, 0.1) is 5.41 Å². The Hall–Kier alpha value is -2.34. The van der Waals surface area contributed by atoms with E-state index in [1.54, 1.807) is 4.90 Å². The Morgan fingerprint density at radius 1 is 1.38 bits per heavy atom. The van der Waals surface area contributed by atoms with E-state index in [2.05, 4.69) is 4.98 Å². The molecule has 1 aromatic heterocycles. The molecular weight excluding hydrogens is 308 g/mol. The van der Waals surface area contributed by atoms with Gasteiger partial charge in [-0.15, -0.1) is 0 Å². The van der Waals surface area contributed by atoms with Gasteiger partial charge in [0.05, 0.1) is 6.61 Å². The first kappa shape index (κ1) is 16.5. The molecule has 1 fully saturated rings. The number of H-pyrrole nitrogens is 1. The summed E-state index contributed by atoms with van der Waals surface area (Å²) >= 11 is 0. The van der Waals surface area contributed by atoms with Gasteiger partial charge in [0.25, 0.3) is 0 Å². The monoisotopic (exact) mass is 330 g/mol. The number of fused-ring (bicyclic) bond motifs is 1. The highest BCUT2D eigenvalue weighted by molar-refractivity contribution is 5.84. The van der Waals surface area contributed by atoms with Crippen molar-refractivity contribution < 1.29 is 19.4 Å². The number of likely N-dealkylation sites (tertiary alicyclic amines) is 1. The first-order chi connectivity index (χ1) is 11.6. The number of nitrogens with zero attached hydrogens (tertiary/aromatic N) is 1. The average molecular weight is 330 g/mol. The van der Waals surface area contributed by atoms with Crippen LogP contribution in [0.3, 0.4) is 0 Å². The fraction of sp³-hybridized carbons (Fsp3) is 0.444. The summed E-state index contributed by atoms with van der Waals surface area (Å²) in [5.74, 6) is -0.893. The smallest absolute Gasteiger partial charge is 0.313 e. The Morgan fingerprint density at radius 3 is 2.92 bits per heavy atom. The van der Waals surface area contributed by atoms with E-state index in [4.69, 9.17) is 4.74 Å². The Bertz CT molecular complexity index is 754. The molecule has 0 spiro atoms. The van der Waals surface area contributed by atoms with E-state index in [0.29, 0.717) is 25.8 Å². The minimum Gasteiger partial charge on any atom is -0.481 e. The molecule has 0 saturated carbocycles. The maximum Gasteiger partial charge on any atom is 0.313 e. The fourth-order valence-corrected chi connectivity index (χ4v) is 3.45. The van der Waals surface area contributed by atoms with Crippen LogP contribution in [-0.4, -0.2) is 53.7 Å². The third-order valence-corrected chi connectivity index (χ3v) is 4.86. The minimum atomic E-state index is -0.967. The molecule has 1 atom stereocenters. The summed E-state index contributed by atoms with van der Waals surface area (Å²) in [4.78, 5) is 28.9. The Labute approximate surface area is 140 Å². The number of benzene rings is 1. The first-order valence-corrected chi connectivity index (χ1v) is 8.11. The lowest BCUT2D eigenvalue weighted by atomic mass is 9.88. The summed E-state index contributed by atoms with van der Waals surface area (Å²) in [7, 11) is 1.49. The lowest BCUT2D eigenvalue weighted by Crippen LogP contribution is -2.40. The molecular formula is C18H22N2O4. The van der Waals surface area contributed by atoms with Crippen LogP contribution < -0.4 is 0 Å². The summed E-state index contributed by atoms with van der Waals surface area (Å²) < 4.78 is 5.06. The second kappa shape index (κ2) is 6.65. The normalized spacial score (nSPS) is 20.6. The maximum absolute atomic E-state index is 12.5. The highest BCUT2D eigenvalue weighted by Crippen LogP contribution is 2.32. The molecule has 24 heavy (non-hydrogen) atoms. The molecule has 1 amide bonds. The van der Waals surface area contributed by atoms with E-state index >= 15 is 0 Å². The molecule has 6 heteroatoms. The third-order valence-electron chi connectivity index (χ3n) is 4.86. The summed E-state index contributed by atoms with van der Waals surface area (Å²) in [6.07, 6.45) is 3.40. The number of methoxy groups -OCH3 is 1. The molecule has 0 radical (unpaired) electrons. The van der Waals surface area contributed by atoms with E-state index < -0.39 is 11.4 Å². The Balaban J connectivity index is 1.63. The molecule has 2 aromatic rings. The number of aryl methyl sites for hydroxylation is 1. The van der Waals surface area contributed by atoms with Crippen LogP contribution in [0.1, 0.15) is 18.4 Å². The lowest BCUT2D eigenvalue weighted by Gasteiger charge is -2.23. The van der Waals surface area contributed by atoms with E-state index in [9.17, 15) is 14.7 Å². The van der Waals surface area contributed by atoms with Crippen molar-refractivity contribution in [2.24, 2.45) is 5.41 Å². The Kier molecular flexibility index (Phi) is 4.57. The van der Waals surface area contributed by atoms with Gasteiger partial charge in [-0.2, -0.15) is 0 Å². The number of aliphatic carboxylic acids is 1. The van der Waals surface area contributed by atoms with E-state index in [0.717, 1.165) is 16.5 Å². The molecule has 2 heterocycles. The zero-order valence-electron chi connectivity index (χ0n) is 13.7. The van der Waals surface area contributed by atoms with Crippen LogP contribution in [0.4, 0.5) is 0 Å². The van der Waals surface area contributed by atoms with Crippen molar-refractivity contribution in [1.29, 1.82) is 0 Å². The molecule has 6 nitrogen and oxygen atoms in total. The molecule has 0 aliphatic carbocycles. The minimum absolute atomic E-state index is 0.000454. The molecule has 1 aromatic carbocycles. The highest BCUT2D eigenvalue weighted by atomic mass is 16.5. The number of rotatable bonds is 6. The molecule has 1 aliphatic heterocycles. The van der Waals surface area contributed by atoms with Gasteiger partial charge in [0, 0.05) is 43.7 Å². The summed E-state index contributed by atoms with van der Waals surface area (Å²) in [6.45, 7) is 0.833. The van der Waals surface area contributed by atoms with Crippen LogP contribution in [0.25, 0.3) is 10.9 Å². The number of carbonyl (C=O) groups excluding carboxylic acids is 1. The van der Waals surface area contributed by atoms with Crippen LogP contribution in [0.2, 0.25) is 0 Å². The van der Waals surface area contributed by atoms with Crippen molar-refractivity contribution in [3.63, 3.8) is 0 Å². The fourth-order valence-electron chi connectivity index (χ4n) is 3.45. The number of aromatic amines is 1. The second-order valence-electron chi connectivity index (χ2n) is 6.44. The number of nitrogens with one attached hydrogen (secondary N) is 1. The zero-order chi connectivity index (χ0) is 17.2. The van der Waals surface area contributed by atoms with Crippen LogP contribution >= 0.6 is 0 Å². The number of carboxylic acids is 1. The predicted octanol–water partition coefficient (Wildman–Crippen LogP) is 2.05. The number of aromatic nitrogens is 1. The molecule has 1 saturated heterocycles. The van der Waals surface area contributed by atoms with Crippen molar-refractivity contribution >= 4 is 22.8 Å². The van der Waals surface area contributed by atoms with Crippen molar-refractivity contribution in [2.45, 2.75) is 19.3 Å². The van der Waals surface area contributed by atoms with Gasteiger partial charge >= 0.3 is 5.97 Å². The summed E-state index contributed by atoms with van der Waals surface area (Å²) in [5, 5.41) is 10.6. The Morgan fingerprint density at radius 2 is 2.17 bits per heavy atom. The van der Waals surface area contributed by atoms with E-state index in [1.807, 2.05) is 30.5 Å². The number of para-hydroxylation sites is 1. The molecule has 3 rings (SSSR count). The van der Waals surface area contributed by atoms with Gasteiger partial charge in [0.2, 0.25) is 5.91 Å². The van der Waals surface area contributed by atoms with Gasteiger partial charge in [0.1, 0.15) is 5.41 Å². The second-order valence-corrected chi connectivity index (χ2v) is 6.44. The number of hydrogen-bond acceptors (Lipinski definition) is 3. The molecule has 0 bridgehead atoms. The summed E-state index contributed by atoms with van der Waals surface area (Å²) in [5.41, 5.74) is 1.20. The number of carboxylic acid groups (broad SMARTS) is 1. The van der Waals surface area contributed by atoms with Crippen LogP contribution in [0.5, 0.6) is 0 Å². The molecule has 1 unspecified atom stereocenters. The number of ether oxygens (including phenoxy) is 1. The quantitative estimate of drug-likeness (QED) is 0.849. The van der Waals surface area contributed by atoms with Crippen LogP contribution in [0.15, 0.2) is 30.5 Å². The van der Waals surface area contributed by atoms with Crippen molar-refractivity contribution in [2.75, 3.05) is 26.8 Å². The molecule has 1 aliphatic rings. The lowest BCUT2D eigenvalue weighted by molar-refractivity contribution is -0.151. The van der Waals surface area contributed by atoms with E-state index in [1.165, 1.54) is 7.11 Å². The van der Waals surface area contributed by atoms with Crippen molar-refractivity contribution in [1.82, 2.24) is 9.88 Å². The van der Waals surface area contributed by atoms with Gasteiger partial charge in [-0.3, -0.25) is 9.59 Å². The SMILES string of the molecule is COCC1(C(=O)O)CCN(C(=O)CCc2c[nH]c3ccccc23)C1.